The van der Waals surface area contributed by atoms with Crippen LogP contribution in [0.4, 0.5) is 5.69 Å². The third-order valence-electron chi connectivity index (χ3n) is 4.91. The zero-order chi connectivity index (χ0) is 18.7. The van der Waals surface area contributed by atoms with Crippen molar-refractivity contribution in [1.29, 1.82) is 0 Å². The minimum absolute atomic E-state index is 0.0227. The van der Waals surface area contributed by atoms with Crippen LogP contribution in [0.3, 0.4) is 0 Å². The number of ether oxygens (including phenoxy) is 1. The van der Waals surface area contributed by atoms with E-state index in [0.29, 0.717) is 43.9 Å². The molecular formula is C19H27N3O4. The molecule has 2 aliphatic rings. The van der Waals surface area contributed by atoms with Crippen LogP contribution in [0, 0.1) is 0 Å². The lowest BCUT2D eigenvalue weighted by atomic mass is 9.94. The molecule has 0 aliphatic carbocycles. The SMILES string of the molecule is CN(C)C[C@@]1(O)CCCN(C(=O)Cc2ccc3c(c2)NC(=O)CO3)CC1. The lowest BCUT2D eigenvalue weighted by molar-refractivity contribution is -0.130. The molecule has 1 fully saturated rings. The molecule has 0 unspecified atom stereocenters. The first-order valence-corrected chi connectivity index (χ1v) is 9.05. The van der Waals surface area contributed by atoms with Crippen molar-refractivity contribution in [3.63, 3.8) is 0 Å². The van der Waals surface area contributed by atoms with Gasteiger partial charge in [0.2, 0.25) is 5.91 Å². The van der Waals surface area contributed by atoms with Crippen molar-refractivity contribution in [2.45, 2.75) is 31.3 Å². The van der Waals surface area contributed by atoms with Gasteiger partial charge in [-0.15, -0.1) is 0 Å². The maximum absolute atomic E-state index is 12.7. The third-order valence-corrected chi connectivity index (χ3v) is 4.91. The van der Waals surface area contributed by atoms with E-state index < -0.39 is 5.60 Å². The summed E-state index contributed by atoms with van der Waals surface area (Å²) < 4.78 is 5.34. The van der Waals surface area contributed by atoms with Crippen LogP contribution >= 0.6 is 0 Å². The highest BCUT2D eigenvalue weighted by molar-refractivity contribution is 5.95. The zero-order valence-electron chi connectivity index (χ0n) is 15.5. The lowest BCUT2D eigenvalue weighted by Crippen LogP contribution is -2.41. The van der Waals surface area contributed by atoms with E-state index in [1.165, 1.54) is 0 Å². The molecule has 2 heterocycles. The number of carbonyl (C=O) groups excluding carboxylic acids is 2. The second-order valence-corrected chi connectivity index (χ2v) is 7.54. The molecule has 3 rings (SSSR count). The number of anilines is 1. The molecule has 1 saturated heterocycles. The predicted octanol–water partition coefficient (Wildman–Crippen LogP) is 0.865. The molecule has 7 heteroatoms. The Balaban J connectivity index is 1.61. The van der Waals surface area contributed by atoms with E-state index in [1.807, 2.05) is 30.0 Å². The van der Waals surface area contributed by atoms with Crippen molar-refractivity contribution >= 4 is 17.5 Å². The van der Waals surface area contributed by atoms with Crippen molar-refractivity contribution in [3.05, 3.63) is 23.8 Å². The first-order valence-electron chi connectivity index (χ1n) is 9.05. The number of likely N-dealkylation sites (N-methyl/N-ethyl adjacent to an activating group) is 1. The van der Waals surface area contributed by atoms with Gasteiger partial charge in [-0.3, -0.25) is 9.59 Å². The lowest BCUT2D eigenvalue weighted by Gasteiger charge is -2.30. The van der Waals surface area contributed by atoms with Crippen molar-refractivity contribution in [2.24, 2.45) is 0 Å². The first kappa shape index (κ1) is 18.7. The number of hydrogen-bond acceptors (Lipinski definition) is 5. The Labute approximate surface area is 153 Å². The number of hydrogen-bond donors (Lipinski definition) is 2. The molecule has 2 N–H and O–H groups in total. The normalized spacial score (nSPS) is 23.1. The Kier molecular flexibility index (Phi) is 5.48. The molecule has 0 aromatic heterocycles. The van der Waals surface area contributed by atoms with Crippen LogP contribution in [0.1, 0.15) is 24.8 Å². The van der Waals surface area contributed by atoms with Crippen molar-refractivity contribution in [1.82, 2.24) is 9.80 Å². The van der Waals surface area contributed by atoms with Crippen LogP contribution in [-0.2, 0) is 16.0 Å². The molecule has 0 spiro atoms. The largest absolute Gasteiger partial charge is 0.482 e. The van der Waals surface area contributed by atoms with Crippen LogP contribution in [0.25, 0.3) is 0 Å². The molecule has 7 nitrogen and oxygen atoms in total. The quantitative estimate of drug-likeness (QED) is 0.831. The van der Waals surface area contributed by atoms with Gasteiger partial charge < -0.3 is 25.0 Å². The number of likely N-dealkylation sites (tertiary alicyclic amines) is 1. The summed E-state index contributed by atoms with van der Waals surface area (Å²) in [6.45, 7) is 1.86. The molecule has 1 atom stereocenters. The third kappa shape index (κ3) is 4.53. The van der Waals surface area contributed by atoms with E-state index in [1.54, 1.807) is 12.1 Å². The number of benzene rings is 1. The van der Waals surface area contributed by atoms with E-state index in [2.05, 4.69) is 5.32 Å². The highest BCUT2D eigenvalue weighted by Crippen LogP contribution is 2.29. The zero-order valence-corrected chi connectivity index (χ0v) is 15.5. The number of nitrogens with one attached hydrogen (secondary N) is 1. The highest BCUT2D eigenvalue weighted by atomic mass is 16.5. The van der Waals surface area contributed by atoms with E-state index in [-0.39, 0.29) is 24.8 Å². The summed E-state index contributed by atoms with van der Waals surface area (Å²) in [5.41, 5.74) is 0.724. The number of carbonyl (C=O) groups is 2. The molecule has 142 valence electrons. The monoisotopic (exact) mass is 361 g/mol. The van der Waals surface area contributed by atoms with Gasteiger partial charge in [0.05, 0.1) is 17.7 Å². The fourth-order valence-electron chi connectivity index (χ4n) is 3.70. The Hall–Kier alpha value is -2.12. The van der Waals surface area contributed by atoms with E-state index in [0.717, 1.165) is 12.0 Å². The highest BCUT2D eigenvalue weighted by Gasteiger charge is 2.32. The van der Waals surface area contributed by atoms with Crippen LogP contribution in [0.5, 0.6) is 5.75 Å². The van der Waals surface area contributed by atoms with Crippen LogP contribution in [0.2, 0.25) is 0 Å². The minimum atomic E-state index is -0.730. The minimum Gasteiger partial charge on any atom is -0.482 e. The van der Waals surface area contributed by atoms with Gasteiger partial charge in [-0.1, -0.05) is 6.07 Å². The van der Waals surface area contributed by atoms with Crippen molar-refractivity contribution in [3.8, 4) is 5.75 Å². The van der Waals surface area contributed by atoms with Gasteiger partial charge in [0.25, 0.3) is 5.91 Å². The number of amides is 2. The molecule has 0 radical (unpaired) electrons. The standard InChI is InChI=1S/C19H27N3O4/c1-21(2)13-19(25)6-3-8-22(9-7-19)18(24)11-14-4-5-16-15(10-14)20-17(23)12-26-16/h4-5,10,25H,3,6-9,11-13H2,1-2H3,(H,20,23)/t19-/m1/s1. The summed E-state index contributed by atoms with van der Waals surface area (Å²) in [7, 11) is 3.90. The molecule has 26 heavy (non-hydrogen) atoms. The van der Waals surface area contributed by atoms with Gasteiger partial charge in [0.1, 0.15) is 5.75 Å². The predicted molar refractivity (Wildman–Crippen MR) is 98.2 cm³/mol. The molecular weight excluding hydrogens is 334 g/mol. The van der Waals surface area contributed by atoms with E-state index in [4.69, 9.17) is 4.74 Å². The Bertz CT molecular complexity index is 691. The van der Waals surface area contributed by atoms with E-state index >= 15 is 0 Å². The van der Waals surface area contributed by atoms with Gasteiger partial charge in [0.15, 0.2) is 6.61 Å². The fraction of sp³-hybridized carbons (Fsp3) is 0.579. The van der Waals surface area contributed by atoms with Gasteiger partial charge in [-0.2, -0.15) is 0 Å². The Morgan fingerprint density at radius 2 is 2.15 bits per heavy atom. The molecule has 0 bridgehead atoms. The molecule has 1 aromatic rings. The molecule has 0 saturated carbocycles. The maximum atomic E-state index is 12.7. The number of aliphatic hydroxyl groups is 1. The second-order valence-electron chi connectivity index (χ2n) is 7.54. The van der Waals surface area contributed by atoms with Crippen molar-refractivity contribution in [2.75, 3.05) is 45.7 Å². The summed E-state index contributed by atoms with van der Waals surface area (Å²) in [6.07, 6.45) is 2.36. The molecule has 2 amide bonds. The number of nitrogens with zero attached hydrogens (tertiary/aromatic N) is 2. The maximum Gasteiger partial charge on any atom is 0.262 e. The average molecular weight is 361 g/mol. The molecule has 2 aliphatic heterocycles. The van der Waals surface area contributed by atoms with Gasteiger partial charge in [-0.25, -0.2) is 0 Å². The van der Waals surface area contributed by atoms with Crippen LogP contribution in [-0.4, -0.2) is 72.7 Å². The summed E-state index contributed by atoms with van der Waals surface area (Å²) in [4.78, 5) is 28.0. The number of fused-ring (bicyclic) bond motifs is 1. The van der Waals surface area contributed by atoms with Crippen molar-refractivity contribution < 1.29 is 19.4 Å². The van der Waals surface area contributed by atoms with Gasteiger partial charge in [-0.05, 0) is 51.1 Å². The smallest absolute Gasteiger partial charge is 0.262 e. The van der Waals surface area contributed by atoms with Gasteiger partial charge in [0, 0.05) is 19.6 Å². The molecule has 1 aromatic carbocycles. The topological polar surface area (TPSA) is 82.1 Å². The average Bonchev–Trinajstić information content (AvgIpc) is 2.75. The first-order chi connectivity index (χ1) is 12.3. The number of rotatable bonds is 4. The second kappa shape index (κ2) is 7.63. The summed E-state index contributed by atoms with van der Waals surface area (Å²) in [6, 6.07) is 5.44. The van der Waals surface area contributed by atoms with Crippen LogP contribution < -0.4 is 10.1 Å². The summed E-state index contributed by atoms with van der Waals surface area (Å²) in [5, 5.41) is 13.5. The van der Waals surface area contributed by atoms with Crippen LogP contribution in [0.15, 0.2) is 18.2 Å². The van der Waals surface area contributed by atoms with E-state index in [9.17, 15) is 14.7 Å². The Morgan fingerprint density at radius 1 is 1.35 bits per heavy atom. The summed E-state index contributed by atoms with van der Waals surface area (Å²) >= 11 is 0. The Morgan fingerprint density at radius 3 is 2.92 bits per heavy atom. The van der Waals surface area contributed by atoms with Gasteiger partial charge >= 0.3 is 0 Å². The fourth-order valence-corrected chi connectivity index (χ4v) is 3.70. The summed E-state index contributed by atoms with van der Waals surface area (Å²) in [5.74, 6) is 0.486.